The van der Waals surface area contributed by atoms with Crippen molar-refractivity contribution in [3.8, 4) is 11.3 Å². The predicted octanol–water partition coefficient (Wildman–Crippen LogP) is 3.55. The second kappa shape index (κ2) is 8.11. The molecule has 1 amide bonds. The first kappa shape index (κ1) is 19.2. The molecule has 0 radical (unpaired) electrons. The van der Waals surface area contributed by atoms with Gasteiger partial charge < -0.3 is 9.42 Å². The Labute approximate surface area is 170 Å². The number of hydrogen-bond acceptors (Lipinski definition) is 6. The molecule has 1 atom stereocenters. The average molecular weight is 391 g/mol. The van der Waals surface area contributed by atoms with Gasteiger partial charge in [0.1, 0.15) is 17.8 Å². The molecule has 150 valence electrons. The van der Waals surface area contributed by atoms with Gasteiger partial charge in [-0.25, -0.2) is 9.97 Å². The normalized spacial score (nSPS) is 16.8. The van der Waals surface area contributed by atoms with Gasteiger partial charge in [-0.05, 0) is 63.6 Å². The third-order valence-corrected chi connectivity index (χ3v) is 5.53. The van der Waals surface area contributed by atoms with E-state index >= 15 is 0 Å². The van der Waals surface area contributed by atoms with Crippen LogP contribution < -0.4 is 0 Å². The Balaban J connectivity index is 1.48. The Morgan fingerprint density at radius 1 is 1.24 bits per heavy atom. The molecule has 3 aromatic heterocycles. The summed E-state index contributed by atoms with van der Waals surface area (Å²) in [6, 6.07) is 5.80. The van der Waals surface area contributed by atoms with Crippen molar-refractivity contribution in [1.82, 2.24) is 25.0 Å². The molecule has 4 heterocycles. The van der Waals surface area contributed by atoms with Crippen LogP contribution in [0.4, 0.5) is 0 Å². The van der Waals surface area contributed by atoms with Crippen LogP contribution in [0.2, 0.25) is 0 Å². The fourth-order valence-electron chi connectivity index (χ4n) is 4.07. The lowest BCUT2D eigenvalue weighted by atomic mass is 9.92. The number of likely N-dealkylation sites (tertiary alicyclic amines) is 1. The third kappa shape index (κ3) is 4.04. The SMILES string of the molecule is Cc1cccnc1C(=O)N1CCC[C@@H](Cc2cc(-c3c(C)noc3C)ncn2)C1. The van der Waals surface area contributed by atoms with Crippen molar-refractivity contribution in [3.05, 3.63) is 59.1 Å². The maximum atomic E-state index is 12.9. The van der Waals surface area contributed by atoms with E-state index < -0.39 is 0 Å². The summed E-state index contributed by atoms with van der Waals surface area (Å²) in [5.74, 6) is 1.14. The summed E-state index contributed by atoms with van der Waals surface area (Å²) in [6.45, 7) is 7.23. The van der Waals surface area contributed by atoms with Crippen LogP contribution in [0.3, 0.4) is 0 Å². The minimum absolute atomic E-state index is 0.0203. The molecular weight excluding hydrogens is 366 g/mol. The maximum Gasteiger partial charge on any atom is 0.272 e. The van der Waals surface area contributed by atoms with Crippen LogP contribution in [-0.4, -0.2) is 44.0 Å². The molecule has 1 aliphatic rings. The highest BCUT2D eigenvalue weighted by atomic mass is 16.5. The summed E-state index contributed by atoms with van der Waals surface area (Å²) in [4.78, 5) is 28.0. The second-order valence-corrected chi connectivity index (χ2v) is 7.73. The van der Waals surface area contributed by atoms with E-state index in [9.17, 15) is 4.79 Å². The van der Waals surface area contributed by atoms with E-state index in [0.29, 0.717) is 11.6 Å². The van der Waals surface area contributed by atoms with Gasteiger partial charge in [0, 0.05) is 25.0 Å². The molecule has 1 saturated heterocycles. The summed E-state index contributed by atoms with van der Waals surface area (Å²) in [5, 5.41) is 4.02. The Bertz CT molecular complexity index is 1010. The molecule has 0 aromatic carbocycles. The van der Waals surface area contributed by atoms with Crippen LogP contribution in [0.15, 0.2) is 35.2 Å². The van der Waals surface area contributed by atoms with Crippen LogP contribution in [0.25, 0.3) is 11.3 Å². The molecule has 0 unspecified atom stereocenters. The minimum Gasteiger partial charge on any atom is -0.361 e. The summed E-state index contributed by atoms with van der Waals surface area (Å²) in [7, 11) is 0. The number of hydrogen-bond donors (Lipinski definition) is 0. The zero-order chi connectivity index (χ0) is 20.4. The molecule has 29 heavy (non-hydrogen) atoms. The topological polar surface area (TPSA) is 85.0 Å². The van der Waals surface area contributed by atoms with E-state index in [-0.39, 0.29) is 5.91 Å². The standard InChI is InChI=1S/C22H25N5O2/c1-14-6-4-8-23-21(14)22(28)27-9-5-7-17(12-27)10-18-11-19(25-13-24-18)20-15(2)26-29-16(20)3/h4,6,8,11,13,17H,5,7,9-10,12H2,1-3H3/t17-/m0/s1. The van der Waals surface area contributed by atoms with E-state index in [2.05, 4.69) is 20.1 Å². The minimum atomic E-state index is 0.0203. The van der Waals surface area contributed by atoms with Crippen molar-refractivity contribution < 1.29 is 9.32 Å². The summed E-state index contributed by atoms with van der Waals surface area (Å²) < 4.78 is 5.27. The van der Waals surface area contributed by atoms with E-state index in [1.165, 1.54) is 0 Å². The largest absolute Gasteiger partial charge is 0.361 e. The second-order valence-electron chi connectivity index (χ2n) is 7.73. The number of aryl methyl sites for hydroxylation is 3. The van der Waals surface area contributed by atoms with Crippen LogP contribution in [-0.2, 0) is 6.42 Å². The van der Waals surface area contributed by atoms with E-state index in [0.717, 1.165) is 66.3 Å². The summed E-state index contributed by atoms with van der Waals surface area (Å²) in [6.07, 6.45) is 6.15. The van der Waals surface area contributed by atoms with E-state index in [1.807, 2.05) is 43.9 Å². The van der Waals surface area contributed by atoms with Gasteiger partial charge in [0.15, 0.2) is 0 Å². The van der Waals surface area contributed by atoms with Gasteiger partial charge in [-0.1, -0.05) is 11.2 Å². The highest BCUT2D eigenvalue weighted by Gasteiger charge is 2.26. The number of aromatic nitrogens is 4. The molecule has 1 aliphatic heterocycles. The van der Waals surface area contributed by atoms with Gasteiger partial charge in [0.05, 0.1) is 17.0 Å². The zero-order valence-corrected chi connectivity index (χ0v) is 17.1. The number of pyridine rings is 1. The van der Waals surface area contributed by atoms with Gasteiger partial charge >= 0.3 is 0 Å². The number of carbonyl (C=O) groups is 1. The highest BCUT2D eigenvalue weighted by molar-refractivity contribution is 5.93. The Morgan fingerprint density at radius 3 is 2.86 bits per heavy atom. The zero-order valence-electron chi connectivity index (χ0n) is 17.1. The molecular formula is C22H25N5O2. The van der Waals surface area contributed by atoms with Crippen molar-refractivity contribution in [2.75, 3.05) is 13.1 Å². The molecule has 3 aromatic rings. The molecule has 1 fully saturated rings. The first-order valence-corrected chi connectivity index (χ1v) is 9.98. The fraction of sp³-hybridized carbons (Fsp3) is 0.409. The van der Waals surface area contributed by atoms with Crippen molar-refractivity contribution in [2.24, 2.45) is 5.92 Å². The molecule has 0 bridgehead atoms. The van der Waals surface area contributed by atoms with Gasteiger partial charge in [-0.2, -0.15) is 0 Å². The van der Waals surface area contributed by atoms with Crippen LogP contribution in [0, 0.1) is 26.7 Å². The fourth-order valence-corrected chi connectivity index (χ4v) is 4.07. The predicted molar refractivity (Wildman–Crippen MR) is 108 cm³/mol. The molecule has 0 N–H and O–H groups in total. The Hall–Kier alpha value is -3.09. The lowest BCUT2D eigenvalue weighted by molar-refractivity contribution is 0.0666. The van der Waals surface area contributed by atoms with Gasteiger partial charge in [-0.15, -0.1) is 0 Å². The van der Waals surface area contributed by atoms with Crippen molar-refractivity contribution in [3.63, 3.8) is 0 Å². The third-order valence-electron chi connectivity index (χ3n) is 5.53. The van der Waals surface area contributed by atoms with Gasteiger partial charge in [0.2, 0.25) is 0 Å². The molecule has 4 rings (SSSR count). The number of amides is 1. The molecule has 7 heteroatoms. The lowest BCUT2D eigenvalue weighted by Gasteiger charge is -2.32. The number of piperidine rings is 1. The smallest absolute Gasteiger partial charge is 0.272 e. The Kier molecular flexibility index (Phi) is 5.38. The summed E-state index contributed by atoms with van der Waals surface area (Å²) in [5.41, 5.74) is 5.03. The van der Waals surface area contributed by atoms with Gasteiger partial charge in [-0.3, -0.25) is 9.78 Å². The van der Waals surface area contributed by atoms with Crippen molar-refractivity contribution in [1.29, 1.82) is 0 Å². The monoisotopic (exact) mass is 391 g/mol. The first-order chi connectivity index (χ1) is 14.0. The summed E-state index contributed by atoms with van der Waals surface area (Å²) >= 11 is 0. The Morgan fingerprint density at radius 2 is 2.10 bits per heavy atom. The molecule has 7 nitrogen and oxygen atoms in total. The molecule has 0 saturated carbocycles. The number of rotatable bonds is 4. The average Bonchev–Trinajstić information content (AvgIpc) is 3.06. The van der Waals surface area contributed by atoms with E-state index in [1.54, 1.807) is 12.5 Å². The molecule has 0 aliphatic carbocycles. The van der Waals surface area contributed by atoms with Crippen LogP contribution >= 0.6 is 0 Å². The molecule has 0 spiro atoms. The van der Waals surface area contributed by atoms with E-state index in [4.69, 9.17) is 4.52 Å². The van der Waals surface area contributed by atoms with Gasteiger partial charge in [0.25, 0.3) is 5.91 Å². The van der Waals surface area contributed by atoms with Crippen LogP contribution in [0.1, 0.15) is 46.0 Å². The van der Waals surface area contributed by atoms with Crippen LogP contribution in [0.5, 0.6) is 0 Å². The number of nitrogens with zero attached hydrogens (tertiary/aromatic N) is 5. The highest BCUT2D eigenvalue weighted by Crippen LogP contribution is 2.27. The van der Waals surface area contributed by atoms with Crippen molar-refractivity contribution >= 4 is 5.91 Å². The number of carbonyl (C=O) groups excluding carboxylic acids is 1. The quantitative estimate of drug-likeness (QED) is 0.676. The maximum absolute atomic E-state index is 12.9. The lowest BCUT2D eigenvalue weighted by Crippen LogP contribution is -2.41. The first-order valence-electron chi connectivity index (χ1n) is 9.98. The van der Waals surface area contributed by atoms with Crippen molar-refractivity contribution in [2.45, 2.75) is 40.0 Å².